The lowest BCUT2D eigenvalue weighted by Crippen LogP contribution is -2.21. The molecule has 0 unspecified atom stereocenters. The highest BCUT2D eigenvalue weighted by Crippen LogP contribution is 2.19. The number of hydrogen-bond donors (Lipinski definition) is 2. The molecule has 2 aromatic carbocycles. The first-order valence-corrected chi connectivity index (χ1v) is 7.42. The molecule has 0 saturated carbocycles. The number of nitrogens with one attached hydrogen (secondary N) is 1. The van der Waals surface area contributed by atoms with Crippen LogP contribution in [0.4, 0.5) is 17.1 Å². The number of anilines is 2. The average molecular weight is 394 g/mol. The summed E-state index contributed by atoms with van der Waals surface area (Å²) in [5.74, 6) is -1.31. The van der Waals surface area contributed by atoms with Crippen molar-refractivity contribution in [3.05, 3.63) is 62.6 Å². The number of carbonyl (C=O) groups is 2. The van der Waals surface area contributed by atoms with Crippen LogP contribution in [0.1, 0.15) is 10.4 Å². The van der Waals surface area contributed by atoms with E-state index < -0.39 is 23.4 Å². The van der Waals surface area contributed by atoms with Crippen molar-refractivity contribution in [1.29, 1.82) is 0 Å². The van der Waals surface area contributed by atoms with Crippen molar-refractivity contribution < 1.29 is 19.2 Å². The lowest BCUT2D eigenvalue weighted by Gasteiger charge is -2.08. The fraction of sp³-hybridized carbons (Fsp3) is 0.0667. The van der Waals surface area contributed by atoms with Crippen molar-refractivity contribution in [1.82, 2.24) is 0 Å². The van der Waals surface area contributed by atoms with Crippen molar-refractivity contribution >= 4 is 44.9 Å². The van der Waals surface area contributed by atoms with Gasteiger partial charge in [-0.25, -0.2) is 4.79 Å². The fourth-order valence-corrected chi connectivity index (χ4v) is 2.14. The van der Waals surface area contributed by atoms with Crippen LogP contribution in [0.5, 0.6) is 0 Å². The van der Waals surface area contributed by atoms with Crippen LogP contribution in [-0.4, -0.2) is 23.4 Å². The monoisotopic (exact) mass is 393 g/mol. The molecule has 24 heavy (non-hydrogen) atoms. The molecule has 2 rings (SSSR count). The number of esters is 1. The molecule has 124 valence electrons. The van der Waals surface area contributed by atoms with Crippen molar-refractivity contribution in [2.75, 3.05) is 17.7 Å². The average Bonchev–Trinajstić information content (AvgIpc) is 2.55. The van der Waals surface area contributed by atoms with Crippen molar-refractivity contribution in [2.45, 2.75) is 0 Å². The van der Waals surface area contributed by atoms with Gasteiger partial charge in [-0.1, -0.05) is 15.9 Å². The summed E-state index contributed by atoms with van der Waals surface area (Å²) in [4.78, 5) is 33.7. The zero-order valence-corrected chi connectivity index (χ0v) is 13.8. The topological polar surface area (TPSA) is 125 Å². The number of nitro groups is 1. The minimum atomic E-state index is -0.729. The Bertz CT molecular complexity index is 792. The van der Waals surface area contributed by atoms with Crippen LogP contribution >= 0.6 is 15.9 Å². The quantitative estimate of drug-likeness (QED) is 0.348. The minimum absolute atomic E-state index is 0.0930. The predicted octanol–water partition coefficient (Wildman–Crippen LogP) is 2.74. The molecule has 0 spiro atoms. The SMILES string of the molecule is Nc1ccc(Br)cc1C(=O)OCC(=O)Nc1ccc([N+](=O)[O-])cc1. The molecule has 0 heterocycles. The van der Waals surface area contributed by atoms with E-state index >= 15 is 0 Å². The lowest BCUT2D eigenvalue weighted by molar-refractivity contribution is -0.384. The largest absolute Gasteiger partial charge is 0.452 e. The van der Waals surface area contributed by atoms with Gasteiger partial charge in [0.2, 0.25) is 0 Å². The van der Waals surface area contributed by atoms with E-state index in [1.807, 2.05) is 0 Å². The van der Waals surface area contributed by atoms with Gasteiger partial charge in [-0.05, 0) is 30.3 Å². The Morgan fingerprint density at radius 3 is 2.50 bits per heavy atom. The second-order valence-electron chi connectivity index (χ2n) is 4.66. The van der Waals surface area contributed by atoms with Gasteiger partial charge in [-0.3, -0.25) is 14.9 Å². The molecule has 0 saturated heterocycles. The number of rotatable bonds is 5. The van der Waals surface area contributed by atoms with Gasteiger partial charge < -0.3 is 15.8 Å². The number of halogens is 1. The third-order valence-electron chi connectivity index (χ3n) is 2.93. The molecule has 0 aromatic heterocycles. The van der Waals surface area contributed by atoms with E-state index in [9.17, 15) is 19.7 Å². The molecule has 1 amide bonds. The Labute approximate surface area is 144 Å². The van der Waals surface area contributed by atoms with E-state index in [1.54, 1.807) is 6.07 Å². The van der Waals surface area contributed by atoms with Gasteiger partial charge >= 0.3 is 5.97 Å². The van der Waals surface area contributed by atoms with Crippen LogP contribution in [0.3, 0.4) is 0 Å². The number of carbonyl (C=O) groups excluding carboxylic acids is 2. The molecule has 3 N–H and O–H groups in total. The zero-order valence-electron chi connectivity index (χ0n) is 12.2. The maximum absolute atomic E-state index is 11.9. The first kappa shape index (κ1) is 17.4. The molecule has 2 aromatic rings. The second kappa shape index (κ2) is 7.55. The number of amides is 1. The summed E-state index contributed by atoms with van der Waals surface area (Å²) in [5.41, 5.74) is 6.32. The molecule has 0 aliphatic carbocycles. The maximum Gasteiger partial charge on any atom is 0.340 e. The van der Waals surface area contributed by atoms with Gasteiger partial charge in [-0.15, -0.1) is 0 Å². The van der Waals surface area contributed by atoms with E-state index in [0.29, 0.717) is 10.2 Å². The van der Waals surface area contributed by atoms with Crippen LogP contribution in [-0.2, 0) is 9.53 Å². The third-order valence-corrected chi connectivity index (χ3v) is 3.42. The summed E-state index contributed by atoms with van der Waals surface area (Å²) in [5, 5.41) is 13.0. The van der Waals surface area contributed by atoms with E-state index in [4.69, 9.17) is 10.5 Å². The molecule has 9 heteroatoms. The lowest BCUT2D eigenvalue weighted by atomic mass is 10.2. The molecule has 0 aliphatic heterocycles. The van der Waals surface area contributed by atoms with Crippen LogP contribution in [0, 0.1) is 10.1 Å². The van der Waals surface area contributed by atoms with E-state index in [-0.39, 0.29) is 16.9 Å². The second-order valence-corrected chi connectivity index (χ2v) is 5.58. The number of hydrogen-bond acceptors (Lipinski definition) is 6. The molecular formula is C15H12BrN3O5. The third kappa shape index (κ3) is 4.53. The van der Waals surface area contributed by atoms with E-state index in [0.717, 1.165) is 0 Å². The first-order chi connectivity index (χ1) is 11.4. The number of nitrogens with zero attached hydrogens (tertiary/aromatic N) is 1. The van der Waals surface area contributed by atoms with Gasteiger partial charge in [0, 0.05) is 28.0 Å². The first-order valence-electron chi connectivity index (χ1n) is 6.63. The Kier molecular flexibility index (Phi) is 5.48. The Balaban J connectivity index is 1.92. The molecule has 0 aliphatic rings. The van der Waals surface area contributed by atoms with Crippen LogP contribution in [0.25, 0.3) is 0 Å². The van der Waals surface area contributed by atoms with Crippen molar-refractivity contribution in [3.63, 3.8) is 0 Å². The predicted molar refractivity (Wildman–Crippen MR) is 90.6 cm³/mol. The summed E-state index contributed by atoms with van der Waals surface area (Å²) in [6.45, 7) is -0.512. The highest BCUT2D eigenvalue weighted by molar-refractivity contribution is 9.10. The fourth-order valence-electron chi connectivity index (χ4n) is 1.78. The Morgan fingerprint density at radius 2 is 1.88 bits per heavy atom. The number of benzene rings is 2. The number of non-ortho nitro benzene ring substituents is 1. The number of ether oxygens (including phenoxy) is 1. The van der Waals surface area contributed by atoms with E-state index in [2.05, 4.69) is 21.2 Å². The summed E-state index contributed by atoms with van der Waals surface area (Å²) in [6, 6.07) is 9.97. The smallest absolute Gasteiger partial charge is 0.340 e. The van der Waals surface area contributed by atoms with E-state index in [1.165, 1.54) is 36.4 Å². The summed E-state index contributed by atoms with van der Waals surface area (Å²) in [6.07, 6.45) is 0. The van der Waals surface area contributed by atoms with Gasteiger partial charge in [-0.2, -0.15) is 0 Å². The standard InChI is InChI=1S/C15H12BrN3O5/c16-9-1-6-13(17)12(7-9)15(21)24-8-14(20)18-10-2-4-11(5-3-10)19(22)23/h1-7H,8,17H2,(H,18,20). The summed E-state index contributed by atoms with van der Waals surface area (Å²) in [7, 11) is 0. The zero-order chi connectivity index (χ0) is 17.7. The Hall–Kier alpha value is -2.94. The maximum atomic E-state index is 11.9. The molecule has 0 radical (unpaired) electrons. The van der Waals surface area contributed by atoms with Gasteiger partial charge in [0.05, 0.1) is 10.5 Å². The Morgan fingerprint density at radius 1 is 1.21 bits per heavy atom. The number of nitrogens with two attached hydrogens (primary N) is 1. The van der Waals surface area contributed by atoms with Gasteiger partial charge in [0.25, 0.3) is 11.6 Å². The molecular weight excluding hydrogens is 382 g/mol. The minimum Gasteiger partial charge on any atom is -0.452 e. The van der Waals surface area contributed by atoms with Crippen molar-refractivity contribution in [2.24, 2.45) is 0 Å². The van der Waals surface area contributed by atoms with Crippen LogP contribution < -0.4 is 11.1 Å². The summed E-state index contributed by atoms with van der Waals surface area (Å²) < 4.78 is 5.55. The normalized spacial score (nSPS) is 10.0. The molecule has 0 fully saturated rings. The number of nitrogen functional groups attached to an aromatic ring is 1. The highest BCUT2D eigenvalue weighted by Gasteiger charge is 2.14. The van der Waals surface area contributed by atoms with Gasteiger partial charge in [0.1, 0.15) is 0 Å². The highest BCUT2D eigenvalue weighted by atomic mass is 79.9. The molecule has 0 atom stereocenters. The number of nitro benzene ring substituents is 1. The van der Waals surface area contributed by atoms with Crippen LogP contribution in [0.15, 0.2) is 46.9 Å². The molecule has 8 nitrogen and oxygen atoms in total. The van der Waals surface area contributed by atoms with Gasteiger partial charge in [0.15, 0.2) is 6.61 Å². The molecule has 0 bridgehead atoms. The summed E-state index contributed by atoms with van der Waals surface area (Å²) >= 11 is 3.21. The van der Waals surface area contributed by atoms with Crippen LogP contribution in [0.2, 0.25) is 0 Å². The van der Waals surface area contributed by atoms with Crippen molar-refractivity contribution in [3.8, 4) is 0 Å².